The summed E-state index contributed by atoms with van der Waals surface area (Å²) in [5.41, 5.74) is 6.25. The van der Waals surface area contributed by atoms with E-state index in [9.17, 15) is 4.79 Å². The number of amides is 1. The van der Waals surface area contributed by atoms with Crippen molar-refractivity contribution >= 4 is 28.3 Å². The molecule has 114 valence electrons. The van der Waals surface area contributed by atoms with Crippen LogP contribution in [-0.2, 0) is 0 Å². The standard InChI is InChI=1S/C13H25N5OS/c1-5-18(6-2)8-7-15-13-10(11(14)17-20-13)12(19)16-9(3)4/h9,15H,5-8H2,1-4H3,(H2,14,17)(H,16,19). The molecular formula is C13H25N5OS. The molecule has 0 saturated carbocycles. The Balaban J connectivity index is 2.65. The largest absolute Gasteiger partial charge is 0.382 e. The summed E-state index contributed by atoms with van der Waals surface area (Å²) in [4.78, 5) is 14.4. The monoisotopic (exact) mass is 299 g/mol. The summed E-state index contributed by atoms with van der Waals surface area (Å²) in [6.45, 7) is 11.8. The summed E-state index contributed by atoms with van der Waals surface area (Å²) in [5, 5.41) is 6.85. The van der Waals surface area contributed by atoms with E-state index in [4.69, 9.17) is 5.73 Å². The van der Waals surface area contributed by atoms with Crippen molar-refractivity contribution in [2.24, 2.45) is 0 Å². The Labute approximate surface area is 124 Å². The summed E-state index contributed by atoms with van der Waals surface area (Å²) in [5.74, 6) is 0.120. The molecule has 1 amide bonds. The molecule has 1 rings (SSSR count). The average molecular weight is 299 g/mol. The predicted molar refractivity (Wildman–Crippen MR) is 85.4 cm³/mol. The zero-order chi connectivity index (χ0) is 15.1. The fourth-order valence-electron chi connectivity index (χ4n) is 1.84. The van der Waals surface area contributed by atoms with E-state index in [1.807, 2.05) is 13.8 Å². The molecule has 0 fully saturated rings. The number of hydrogen-bond acceptors (Lipinski definition) is 6. The maximum Gasteiger partial charge on any atom is 0.258 e. The molecule has 0 aliphatic carbocycles. The summed E-state index contributed by atoms with van der Waals surface area (Å²) in [7, 11) is 0. The van der Waals surface area contributed by atoms with Gasteiger partial charge in [-0.2, -0.15) is 4.37 Å². The Kier molecular flexibility index (Phi) is 6.74. The Bertz CT molecular complexity index is 428. The van der Waals surface area contributed by atoms with E-state index in [1.165, 1.54) is 11.5 Å². The number of carbonyl (C=O) groups excluding carboxylic acids is 1. The molecule has 0 aromatic carbocycles. The summed E-state index contributed by atoms with van der Waals surface area (Å²) in [6.07, 6.45) is 0. The number of nitrogens with zero attached hydrogens (tertiary/aromatic N) is 2. The second-order valence-corrected chi connectivity index (χ2v) is 5.63. The molecule has 0 aliphatic heterocycles. The van der Waals surface area contributed by atoms with Gasteiger partial charge in [0.1, 0.15) is 10.6 Å². The van der Waals surface area contributed by atoms with E-state index in [2.05, 4.69) is 33.8 Å². The Morgan fingerprint density at radius 1 is 1.40 bits per heavy atom. The van der Waals surface area contributed by atoms with Crippen molar-refractivity contribution in [1.29, 1.82) is 0 Å². The van der Waals surface area contributed by atoms with Gasteiger partial charge in [-0.15, -0.1) is 0 Å². The SMILES string of the molecule is CCN(CC)CCNc1snc(N)c1C(=O)NC(C)C. The third-order valence-corrected chi connectivity index (χ3v) is 3.79. The highest BCUT2D eigenvalue weighted by molar-refractivity contribution is 7.11. The number of nitrogen functional groups attached to an aromatic ring is 1. The number of anilines is 2. The van der Waals surface area contributed by atoms with Crippen molar-refractivity contribution in [3.05, 3.63) is 5.56 Å². The zero-order valence-corrected chi connectivity index (χ0v) is 13.5. The average Bonchev–Trinajstić information content (AvgIpc) is 2.75. The lowest BCUT2D eigenvalue weighted by molar-refractivity contribution is 0.0945. The highest BCUT2D eigenvalue weighted by Crippen LogP contribution is 2.26. The minimum atomic E-state index is -0.170. The maximum absolute atomic E-state index is 12.1. The molecule has 0 unspecified atom stereocenters. The van der Waals surface area contributed by atoms with Crippen LogP contribution in [0.15, 0.2) is 0 Å². The van der Waals surface area contributed by atoms with Gasteiger partial charge in [-0.1, -0.05) is 13.8 Å². The second-order valence-electron chi connectivity index (χ2n) is 4.85. The van der Waals surface area contributed by atoms with Gasteiger partial charge in [0.25, 0.3) is 5.91 Å². The second kappa shape index (κ2) is 8.06. The fraction of sp³-hybridized carbons (Fsp3) is 0.692. The van der Waals surface area contributed by atoms with Crippen molar-refractivity contribution < 1.29 is 4.79 Å². The van der Waals surface area contributed by atoms with Crippen molar-refractivity contribution in [3.8, 4) is 0 Å². The number of likely N-dealkylation sites (N-methyl/N-ethyl adjacent to an activating group) is 1. The normalized spacial score (nSPS) is 11.1. The minimum Gasteiger partial charge on any atom is -0.382 e. The van der Waals surface area contributed by atoms with Crippen molar-refractivity contribution in [2.75, 3.05) is 37.2 Å². The molecule has 0 saturated heterocycles. The molecule has 0 spiro atoms. The van der Waals surface area contributed by atoms with E-state index in [0.29, 0.717) is 11.4 Å². The molecule has 20 heavy (non-hydrogen) atoms. The molecule has 1 aromatic heterocycles. The van der Waals surface area contributed by atoms with Crippen LogP contribution >= 0.6 is 11.5 Å². The Hall–Kier alpha value is -1.34. The van der Waals surface area contributed by atoms with Crippen LogP contribution in [0.1, 0.15) is 38.1 Å². The summed E-state index contributed by atoms with van der Waals surface area (Å²) < 4.78 is 4.07. The van der Waals surface area contributed by atoms with Gasteiger partial charge in [-0.3, -0.25) is 4.79 Å². The van der Waals surface area contributed by atoms with Gasteiger partial charge < -0.3 is 21.3 Å². The van der Waals surface area contributed by atoms with Crippen LogP contribution in [0.3, 0.4) is 0 Å². The molecule has 0 aliphatic rings. The van der Waals surface area contributed by atoms with Crippen LogP contribution < -0.4 is 16.4 Å². The molecule has 7 heteroatoms. The first-order valence-electron chi connectivity index (χ1n) is 7.01. The molecule has 0 radical (unpaired) electrons. The Morgan fingerprint density at radius 3 is 2.60 bits per heavy atom. The number of nitrogens with two attached hydrogens (primary N) is 1. The fourth-order valence-corrected chi connectivity index (χ4v) is 2.58. The molecule has 0 atom stereocenters. The third kappa shape index (κ3) is 4.64. The lowest BCUT2D eigenvalue weighted by Gasteiger charge is -2.18. The van der Waals surface area contributed by atoms with Crippen LogP contribution in [-0.4, -0.2) is 47.4 Å². The number of rotatable bonds is 8. The number of carbonyl (C=O) groups is 1. The van der Waals surface area contributed by atoms with E-state index < -0.39 is 0 Å². The highest BCUT2D eigenvalue weighted by atomic mass is 32.1. The third-order valence-electron chi connectivity index (χ3n) is 2.97. The van der Waals surface area contributed by atoms with E-state index in [1.54, 1.807) is 0 Å². The summed E-state index contributed by atoms with van der Waals surface area (Å²) >= 11 is 1.23. The van der Waals surface area contributed by atoms with Gasteiger partial charge in [0.05, 0.1) is 0 Å². The molecule has 1 aromatic rings. The van der Waals surface area contributed by atoms with Gasteiger partial charge in [-0.25, -0.2) is 0 Å². The van der Waals surface area contributed by atoms with E-state index in [-0.39, 0.29) is 11.9 Å². The van der Waals surface area contributed by atoms with Crippen molar-refractivity contribution in [2.45, 2.75) is 33.7 Å². The van der Waals surface area contributed by atoms with Gasteiger partial charge in [0.15, 0.2) is 5.82 Å². The van der Waals surface area contributed by atoms with Crippen molar-refractivity contribution in [1.82, 2.24) is 14.6 Å². The quantitative estimate of drug-likeness (QED) is 0.679. The van der Waals surface area contributed by atoms with E-state index in [0.717, 1.165) is 31.2 Å². The molecule has 6 nitrogen and oxygen atoms in total. The number of hydrogen-bond donors (Lipinski definition) is 3. The first-order chi connectivity index (χ1) is 9.49. The number of aromatic nitrogens is 1. The van der Waals surface area contributed by atoms with Crippen molar-refractivity contribution in [3.63, 3.8) is 0 Å². The molecule has 0 bridgehead atoms. The van der Waals surface area contributed by atoms with Crippen LogP contribution in [0, 0.1) is 0 Å². The first kappa shape index (κ1) is 16.7. The van der Waals surface area contributed by atoms with Crippen LogP contribution in [0.4, 0.5) is 10.8 Å². The highest BCUT2D eigenvalue weighted by Gasteiger charge is 2.19. The first-order valence-corrected chi connectivity index (χ1v) is 7.79. The van der Waals surface area contributed by atoms with Gasteiger partial charge in [0.2, 0.25) is 0 Å². The minimum absolute atomic E-state index is 0.0744. The Morgan fingerprint density at radius 2 is 2.05 bits per heavy atom. The van der Waals surface area contributed by atoms with Gasteiger partial charge in [-0.05, 0) is 38.5 Å². The van der Waals surface area contributed by atoms with Crippen LogP contribution in [0.5, 0.6) is 0 Å². The lowest BCUT2D eigenvalue weighted by atomic mass is 10.2. The number of nitrogens with one attached hydrogen (secondary N) is 2. The maximum atomic E-state index is 12.1. The van der Waals surface area contributed by atoms with E-state index >= 15 is 0 Å². The molecule has 1 heterocycles. The van der Waals surface area contributed by atoms with Gasteiger partial charge >= 0.3 is 0 Å². The van der Waals surface area contributed by atoms with Crippen LogP contribution in [0.25, 0.3) is 0 Å². The summed E-state index contributed by atoms with van der Waals surface area (Å²) in [6, 6.07) is 0.0744. The smallest absolute Gasteiger partial charge is 0.258 e. The lowest BCUT2D eigenvalue weighted by Crippen LogP contribution is -2.31. The topological polar surface area (TPSA) is 83.3 Å². The predicted octanol–water partition coefficient (Wildman–Crippen LogP) is 1.62. The van der Waals surface area contributed by atoms with Crippen LogP contribution in [0.2, 0.25) is 0 Å². The van der Waals surface area contributed by atoms with Gasteiger partial charge in [0, 0.05) is 19.1 Å². The molecule has 4 N–H and O–H groups in total. The molecular weight excluding hydrogens is 274 g/mol. The zero-order valence-electron chi connectivity index (χ0n) is 12.7.